The fraction of sp³-hybridized carbons (Fsp3) is 0.367. The number of rotatable bonds is 11. The van der Waals surface area contributed by atoms with E-state index >= 15 is 0 Å². The molecule has 8 nitrogen and oxygen atoms in total. The van der Waals surface area contributed by atoms with Crippen LogP contribution in [0.3, 0.4) is 0 Å². The maximum atomic E-state index is 13.9. The predicted molar refractivity (Wildman–Crippen MR) is 159 cm³/mol. The van der Waals surface area contributed by atoms with E-state index in [1.807, 2.05) is 57.2 Å². The van der Waals surface area contributed by atoms with Crippen LogP contribution in [0.25, 0.3) is 6.08 Å². The molecule has 1 aliphatic heterocycles. The quantitative estimate of drug-likeness (QED) is 0.273. The first-order valence-electron chi connectivity index (χ1n) is 13.3. The van der Waals surface area contributed by atoms with Crippen LogP contribution in [0.1, 0.15) is 58.2 Å². The number of ether oxygens (including phenoxy) is 4. The number of nitrogens with zero attached hydrogens (tertiary/aromatic N) is 2. The van der Waals surface area contributed by atoms with Crippen molar-refractivity contribution in [2.45, 2.75) is 47.1 Å². The van der Waals surface area contributed by atoms with Gasteiger partial charge in [-0.2, -0.15) is 0 Å². The number of carbonyl (C=O) groups is 1. The molecule has 1 aliphatic rings. The molecule has 0 saturated carbocycles. The molecule has 0 aliphatic carbocycles. The van der Waals surface area contributed by atoms with E-state index < -0.39 is 12.0 Å². The molecule has 1 aromatic heterocycles. The SMILES string of the molecule is CCCOc1c(Br)cc(/C=c2/sc3n(c2=O)[C@@H](c2ccc(OCC)cc2)C(C(=O)OCC)=C(C)N=3)cc1OCC. The maximum Gasteiger partial charge on any atom is 0.338 e. The summed E-state index contributed by atoms with van der Waals surface area (Å²) in [5.41, 5.74) is 2.13. The van der Waals surface area contributed by atoms with Crippen LogP contribution in [0.5, 0.6) is 17.2 Å². The predicted octanol–water partition coefficient (Wildman–Crippen LogP) is 5.15. The Morgan fingerprint density at radius 2 is 1.77 bits per heavy atom. The minimum Gasteiger partial charge on any atom is -0.494 e. The Balaban J connectivity index is 1.87. The average molecular weight is 630 g/mol. The Bertz CT molecular complexity index is 1590. The van der Waals surface area contributed by atoms with Gasteiger partial charge in [-0.15, -0.1) is 0 Å². The van der Waals surface area contributed by atoms with Crippen molar-refractivity contribution in [2.24, 2.45) is 4.99 Å². The van der Waals surface area contributed by atoms with Gasteiger partial charge in [0, 0.05) is 0 Å². The van der Waals surface area contributed by atoms with Crippen LogP contribution in [0, 0.1) is 0 Å². The standard InChI is InChI=1S/C30H33BrN2O6S/c1-6-14-39-27-22(31)15-19(16-23(27)37-8-3)17-24-28(34)33-26(20-10-12-21(13-11-20)36-7-2)25(29(35)38-9-4)18(5)32-30(33)40-24/h10-13,15-17,26H,6-9,14H2,1-5H3/b24-17+/t26-/m0/s1. The van der Waals surface area contributed by atoms with Crippen LogP contribution < -0.4 is 29.1 Å². The van der Waals surface area contributed by atoms with Crippen LogP contribution in [0.15, 0.2) is 61.9 Å². The molecule has 0 radical (unpaired) electrons. The monoisotopic (exact) mass is 628 g/mol. The van der Waals surface area contributed by atoms with E-state index in [4.69, 9.17) is 18.9 Å². The maximum absolute atomic E-state index is 13.9. The number of carbonyl (C=O) groups excluding carboxylic acids is 1. The Hall–Kier alpha value is -3.37. The van der Waals surface area contributed by atoms with Gasteiger partial charge in [-0.05, 0) is 91.5 Å². The van der Waals surface area contributed by atoms with Gasteiger partial charge in [-0.1, -0.05) is 30.4 Å². The zero-order chi connectivity index (χ0) is 28.8. The molecule has 0 bridgehead atoms. The summed E-state index contributed by atoms with van der Waals surface area (Å²) in [6.07, 6.45) is 2.67. The Labute approximate surface area is 245 Å². The van der Waals surface area contributed by atoms with Crippen LogP contribution >= 0.6 is 27.3 Å². The molecule has 0 spiro atoms. The first-order valence-corrected chi connectivity index (χ1v) is 14.9. The summed E-state index contributed by atoms with van der Waals surface area (Å²) in [5.74, 6) is 1.44. The van der Waals surface area contributed by atoms with E-state index in [0.29, 0.717) is 57.7 Å². The molecular formula is C30H33BrN2O6S. The van der Waals surface area contributed by atoms with Gasteiger partial charge in [0.1, 0.15) is 5.75 Å². The first-order chi connectivity index (χ1) is 19.3. The zero-order valence-electron chi connectivity index (χ0n) is 23.3. The number of halogens is 1. The van der Waals surface area contributed by atoms with Crippen molar-refractivity contribution in [3.05, 3.63) is 83.0 Å². The van der Waals surface area contributed by atoms with Crippen molar-refractivity contribution in [1.82, 2.24) is 4.57 Å². The first kappa shape index (κ1) is 29.6. The molecule has 0 fully saturated rings. The van der Waals surface area contributed by atoms with E-state index in [1.54, 1.807) is 24.5 Å². The molecule has 0 saturated heterocycles. The second-order valence-corrected chi connectivity index (χ2v) is 10.8. The topological polar surface area (TPSA) is 88.4 Å². The van der Waals surface area contributed by atoms with Gasteiger partial charge < -0.3 is 18.9 Å². The molecule has 1 atom stereocenters. The fourth-order valence-electron chi connectivity index (χ4n) is 4.45. The van der Waals surface area contributed by atoms with E-state index in [1.165, 1.54) is 11.3 Å². The van der Waals surface area contributed by atoms with Gasteiger partial charge in [0.2, 0.25) is 0 Å². The molecule has 0 unspecified atom stereocenters. The van der Waals surface area contributed by atoms with E-state index in [-0.39, 0.29) is 12.2 Å². The number of hydrogen-bond donors (Lipinski definition) is 0. The van der Waals surface area contributed by atoms with Crippen molar-refractivity contribution in [3.8, 4) is 17.2 Å². The van der Waals surface area contributed by atoms with Crippen molar-refractivity contribution in [1.29, 1.82) is 0 Å². The number of thiazole rings is 1. The number of benzene rings is 2. The van der Waals surface area contributed by atoms with E-state index in [2.05, 4.69) is 20.9 Å². The molecule has 212 valence electrons. The normalized spacial score (nSPS) is 14.9. The third-order valence-corrected chi connectivity index (χ3v) is 7.68. The number of allylic oxidation sites excluding steroid dienone is 1. The van der Waals surface area contributed by atoms with Crippen molar-refractivity contribution >= 4 is 39.3 Å². The Morgan fingerprint density at radius 1 is 1.05 bits per heavy atom. The van der Waals surface area contributed by atoms with Crippen LogP contribution in [0.4, 0.5) is 0 Å². The van der Waals surface area contributed by atoms with Gasteiger partial charge >= 0.3 is 5.97 Å². The molecule has 0 N–H and O–H groups in total. The summed E-state index contributed by atoms with van der Waals surface area (Å²) < 4.78 is 25.5. The van der Waals surface area contributed by atoms with Crippen LogP contribution in [-0.4, -0.2) is 37.0 Å². The van der Waals surface area contributed by atoms with E-state index in [9.17, 15) is 9.59 Å². The lowest BCUT2D eigenvalue weighted by molar-refractivity contribution is -0.139. The minimum atomic E-state index is -0.691. The molecule has 3 aromatic rings. The van der Waals surface area contributed by atoms with Gasteiger partial charge in [0.05, 0.1) is 52.7 Å². The summed E-state index contributed by atoms with van der Waals surface area (Å²) in [4.78, 5) is 32.2. The third kappa shape index (κ3) is 6.18. The molecule has 40 heavy (non-hydrogen) atoms. The highest BCUT2D eigenvalue weighted by molar-refractivity contribution is 9.10. The summed E-state index contributed by atoms with van der Waals surface area (Å²) in [6.45, 7) is 11.2. The molecule has 0 amide bonds. The molecule has 2 heterocycles. The van der Waals surface area contributed by atoms with Crippen molar-refractivity contribution < 1.29 is 23.7 Å². The average Bonchev–Trinajstić information content (AvgIpc) is 3.22. The summed E-state index contributed by atoms with van der Waals surface area (Å²) >= 11 is 4.87. The molecule has 2 aromatic carbocycles. The number of fused-ring (bicyclic) bond motifs is 1. The molecule has 4 rings (SSSR count). The lowest BCUT2D eigenvalue weighted by atomic mass is 9.96. The second-order valence-electron chi connectivity index (χ2n) is 8.92. The Kier molecular flexibility index (Phi) is 9.86. The lowest BCUT2D eigenvalue weighted by Gasteiger charge is -2.24. The zero-order valence-corrected chi connectivity index (χ0v) is 25.7. The van der Waals surface area contributed by atoms with E-state index in [0.717, 1.165) is 22.0 Å². The lowest BCUT2D eigenvalue weighted by Crippen LogP contribution is -2.39. The van der Waals surface area contributed by atoms with Crippen molar-refractivity contribution in [2.75, 3.05) is 26.4 Å². The number of hydrogen-bond acceptors (Lipinski definition) is 8. The summed E-state index contributed by atoms with van der Waals surface area (Å²) in [6, 6.07) is 10.5. The fourth-order valence-corrected chi connectivity index (χ4v) is 6.07. The number of aromatic nitrogens is 1. The van der Waals surface area contributed by atoms with Crippen LogP contribution in [0.2, 0.25) is 0 Å². The number of esters is 1. The third-order valence-electron chi connectivity index (χ3n) is 6.10. The molecular weight excluding hydrogens is 596 g/mol. The minimum absolute atomic E-state index is 0.213. The highest BCUT2D eigenvalue weighted by Crippen LogP contribution is 2.37. The molecule has 10 heteroatoms. The van der Waals surface area contributed by atoms with Gasteiger partial charge in [-0.25, -0.2) is 9.79 Å². The second kappa shape index (κ2) is 13.3. The van der Waals surface area contributed by atoms with Gasteiger partial charge in [0.15, 0.2) is 16.3 Å². The highest BCUT2D eigenvalue weighted by Gasteiger charge is 2.33. The Morgan fingerprint density at radius 3 is 2.42 bits per heavy atom. The smallest absolute Gasteiger partial charge is 0.338 e. The largest absolute Gasteiger partial charge is 0.494 e. The van der Waals surface area contributed by atoms with Gasteiger partial charge in [-0.3, -0.25) is 9.36 Å². The summed E-state index contributed by atoms with van der Waals surface area (Å²) in [5, 5.41) is 0. The van der Waals surface area contributed by atoms with Crippen molar-refractivity contribution in [3.63, 3.8) is 0 Å². The van der Waals surface area contributed by atoms with Crippen LogP contribution in [-0.2, 0) is 9.53 Å². The summed E-state index contributed by atoms with van der Waals surface area (Å²) in [7, 11) is 0. The van der Waals surface area contributed by atoms with Gasteiger partial charge in [0.25, 0.3) is 5.56 Å². The highest BCUT2D eigenvalue weighted by atomic mass is 79.9.